The van der Waals surface area contributed by atoms with Crippen molar-refractivity contribution in [3.8, 4) is 0 Å². The number of benzene rings is 1. The monoisotopic (exact) mass is 248 g/mol. The second kappa shape index (κ2) is 5.87. The summed E-state index contributed by atoms with van der Waals surface area (Å²) >= 11 is 0. The fourth-order valence-electron chi connectivity index (χ4n) is 2.10. The van der Waals surface area contributed by atoms with Crippen LogP contribution in [0.3, 0.4) is 0 Å². The standard InChI is InChI=1S/C14H20N2O2/c1-10-5-7-12(8-6-10)16-14(17)15-11(2)13-4-3-9-18-13/h5-8,11,13H,3-4,9H2,1-2H3,(H2,15,16,17)/t11-,13+/m0/s1. The number of ether oxygens (including phenoxy) is 1. The molecule has 0 aliphatic carbocycles. The molecule has 2 atom stereocenters. The van der Waals surface area contributed by atoms with E-state index < -0.39 is 0 Å². The number of nitrogens with one attached hydrogen (secondary N) is 2. The van der Waals surface area contributed by atoms with E-state index in [4.69, 9.17) is 4.74 Å². The van der Waals surface area contributed by atoms with E-state index in [1.165, 1.54) is 5.56 Å². The van der Waals surface area contributed by atoms with E-state index in [2.05, 4.69) is 10.6 Å². The molecular weight excluding hydrogens is 228 g/mol. The van der Waals surface area contributed by atoms with Gasteiger partial charge in [0, 0.05) is 12.3 Å². The van der Waals surface area contributed by atoms with Crippen LogP contribution >= 0.6 is 0 Å². The van der Waals surface area contributed by atoms with E-state index in [1.807, 2.05) is 38.1 Å². The fourth-order valence-corrected chi connectivity index (χ4v) is 2.10. The molecular formula is C14H20N2O2. The topological polar surface area (TPSA) is 50.4 Å². The van der Waals surface area contributed by atoms with E-state index >= 15 is 0 Å². The zero-order valence-corrected chi connectivity index (χ0v) is 10.9. The van der Waals surface area contributed by atoms with Crippen LogP contribution in [0.5, 0.6) is 0 Å². The Balaban J connectivity index is 1.82. The first-order chi connectivity index (χ1) is 8.65. The summed E-state index contributed by atoms with van der Waals surface area (Å²) in [6, 6.07) is 7.59. The van der Waals surface area contributed by atoms with Gasteiger partial charge in [0.25, 0.3) is 0 Å². The molecule has 98 valence electrons. The number of urea groups is 1. The van der Waals surface area contributed by atoms with Crippen molar-refractivity contribution < 1.29 is 9.53 Å². The Kier molecular flexibility index (Phi) is 4.20. The fraction of sp³-hybridized carbons (Fsp3) is 0.500. The van der Waals surface area contributed by atoms with Crippen molar-refractivity contribution in [3.63, 3.8) is 0 Å². The van der Waals surface area contributed by atoms with Crippen LogP contribution < -0.4 is 10.6 Å². The van der Waals surface area contributed by atoms with Crippen molar-refractivity contribution in [2.24, 2.45) is 0 Å². The van der Waals surface area contributed by atoms with Gasteiger partial charge >= 0.3 is 6.03 Å². The summed E-state index contributed by atoms with van der Waals surface area (Å²) in [6.45, 7) is 4.80. The maximum Gasteiger partial charge on any atom is 0.319 e. The molecule has 4 heteroatoms. The molecule has 0 bridgehead atoms. The van der Waals surface area contributed by atoms with Gasteiger partial charge < -0.3 is 15.4 Å². The minimum Gasteiger partial charge on any atom is -0.376 e. The predicted octanol–water partition coefficient (Wildman–Crippen LogP) is 2.68. The van der Waals surface area contributed by atoms with Gasteiger partial charge in [0.05, 0.1) is 12.1 Å². The highest BCUT2D eigenvalue weighted by Gasteiger charge is 2.23. The van der Waals surface area contributed by atoms with Crippen molar-refractivity contribution >= 4 is 11.7 Å². The van der Waals surface area contributed by atoms with Crippen LogP contribution in [0.2, 0.25) is 0 Å². The van der Waals surface area contributed by atoms with Gasteiger partial charge in [-0.15, -0.1) is 0 Å². The van der Waals surface area contributed by atoms with Gasteiger partial charge in [-0.3, -0.25) is 0 Å². The van der Waals surface area contributed by atoms with Crippen molar-refractivity contribution in [1.82, 2.24) is 5.32 Å². The normalized spacial score (nSPS) is 20.4. The third-order valence-corrected chi connectivity index (χ3v) is 3.19. The smallest absolute Gasteiger partial charge is 0.319 e. The lowest BCUT2D eigenvalue weighted by Gasteiger charge is -2.20. The van der Waals surface area contributed by atoms with Crippen LogP contribution in [0.1, 0.15) is 25.3 Å². The Morgan fingerprint density at radius 1 is 1.39 bits per heavy atom. The van der Waals surface area contributed by atoms with E-state index in [-0.39, 0.29) is 18.2 Å². The van der Waals surface area contributed by atoms with Gasteiger partial charge in [-0.2, -0.15) is 0 Å². The lowest BCUT2D eigenvalue weighted by Crippen LogP contribution is -2.42. The molecule has 1 heterocycles. The van der Waals surface area contributed by atoms with Crippen LogP contribution in [0.4, 0.5) is 10.5 Å². The lowest BCUT2D eigenvalue weighted by atomic mass is 10.1. The Morgan fingerprint density at radius 3 is 2.72 bits per heavy atom. The second-order valence-electron chi connectivity index (χ2n) is 4.80. The molecule has 1 saturated heterocycles. The number of rotatable bonds is 3. The van der Waals surface area contributed by atoms with Crippen LogP contribution in [0, 0.1) is 6.92 Å². The molecule has 1 aliphatic rings. The van der Waals surface area contributed by atoms with E-state index in [9.17, 15) is 4.79 Å². The Bertz CT molecular complexity index is 397. The summed E-state index contributed by atoms with van der Waals surface area (Å²) in [5.74, 6) is 0. The van der Waals surface area contributed by atoms with Crippen LogP contribution in [0.15, 0.2) is 24.3 Å². The number of anilines is 1. The van der Waals surface area contributed by atoms with Crippen molar-refractivity contribution in [1.29, 1.82) is 0 Å². The predicted molar refractivity (Wildman–Crippen MR) is 71.8 cm³/mol. The van der Waals surface area contributed by atoms with Gasteiger partial charge in [0.1, 0.15) is 0 Å². The zero-order chi connectivity index (χ0) is 13.0. The average Bonchev–Trinajstić information content (AvgIpc) is 2.85. The van der Waals surface area contributed by atoms with E-state index in [0.29, 0.717) is 0 Å². The average molecular weight is 248 g/mol. The summed E-state index contributed by atoms with van der Waals surface area (Å²) in [6.07, 6.45) is 2.25. The molecule has 0 unspecified atom stereocenters. The third kappa shape index (κ3) is 3.47. The number of hydrogen-bond donors (Lipinski definition) is 2. The maximum absolute atomic E-state index is 11.8. The van der Waals surface area contributed by atoms with Gasteiger partial charge in [0.2, 0.25) is 0 Å². The minimum absolute atomic E-state index is 0.0398. The lowest BCUT2D eigenvalue weighted by molar-refractivity contribution is 0.0868. The van der Waals surface area contributed by atoms with Gasteiger partial charge in [-0.05, 0) is 38.8 Å². The number of hydrogen-bond acceptors (Lipinski definition) is 2. The van der Waals surface area contributed by atoms with Crippen molar-refractivity contribution in [2.45, 2.75) is 38.8 Å². The highest BCUT2D eigenvalue weighted by molar-refractivity contribution is 5.89. The van der Waals surface area contributed by atoms with Crippen LogP contribution in [-0.2, 0) is 4.74 Å². The zero-order valence-electron chi connectivity index (χ0n) is 10.9. The molecule has 2 amide bonds. The Labute approximate surface area is 108 Å². The SMILES string of the molecule is Cc1ccc(NC(=O)N[C@@H](C)[C@H]2CCCO2)cc1. The van der Waals surface area contributed by atoms with Crippen LogP contribution in [-0.4, -0.2) is 24.8 Å². The molecule has 0 radical (unpaired) electrons. The summed E-state index contributed by atoms with van der Waals surface area (Å²) in [4.78, 5) is 11.8. The van der Waals surface area contributed by atoms with Crippen LogP contribution in [0.25, 0.3) is 0 Å². The molecule has 1 aliphatic heterocycles. The summed E-state index contributed by atoms with van der Waals surface area (Å²) < 4.78 is 5.54. The van der Waals surface area contributed by atoms with Crippen molar-refractivity contribution in [2.75, 3.05) is 11.9 Å². The quantitative estimate of drug-likeness (QED) is 0.864. The molecule has 2 rings (SSSR count). The third-order valence-electron chi connectivity index (χ3n) is 3.19. The molecule has 1 aromatic carbocycles. The first-order valence-corrected chi connectivity index (χ1v) is 6.41. The van der Waals surface area contributed by atoms with Gasteiger partial charge in [-0.25, -0.2) is 4.79 Å². The molecule has 4 nitrogen and oxygen atoms in total. The molecule has 0 spiro atoms. The summed E-state index contributed by atoms with van der Waals surface area (Å²) in [7, 11) is 0. The maximum atomic E-state index is 11.8. The molecule has 0 saturated carbocycles. The number of carbonyl (C=O) groups is 1. The molecule has 1 fully saturated rings. The number of aryl methyl sites for hydroxylation is 1. The van der Waals surface area contributed by atoms with Gasteiger partial charge in [0.15, 0.2) is 0 Å². The number of amides is 2. The molecule has 0 aromatic heterocycles. The van der Waals surface area contributed by atoms with E-state index in [1.54, 1.807) is 0 Å². The van der Waals surface area contributed by atoms with Crippen molar-refractivity contribution in [3.05, 3.63) is 29.8 Å². The number of carbonyl (C=O) groups excluding carboxylic acids is 1. The highest BCUT2D eigenvalue weighted by atomic mass is 16.5. The highest BCUT2D eigenvalue weighted by Crippen LogP contribution is 2.15. The summed E-state index contributed by atoms with van der Waals surface area (Å²) in [5, 5.41) is 5.73. The minimum atomic E-state index is -0.179. The van der Waals surface area contributed by atoms with E-state index in [0.717, 1.165) is 25.1 Å². The first kappa shape index (κ1) is 12.9. The molecule has 2 N–H and O–H groups in total. The molecule has 18 heavy (non-hydrogen) atoms. The van der Waals surface area contributed by atoms with Gasteiger partial charge in [-0.1, -0.05) is 17.7 Å². The largest absolute Gasteiger partial charge is 0.376 e. The molecule has 1 aromatic rings. The summed E-state index contributed by atoms with van der Waals surface area (Å²) in [5.41, 5.74) is 1.98. The Hall–Kier alpha value is -1.55. The first-order valence-electron chi connectivity index (χ1n) is 6.41. The Morgan fingerprint density at radius 2 is 2.11 bits per heavy atom. The second-order valence-corrected chi connectivity index (χ2v) is 4.80.